The Balaban J connectivity index is 1.55. The third-order valence-corrected chi connectivity index (χ3v) is 4.79. The van der Waals surface area contributed by atoms with Gasteiger partial charge in [0.05, 0.1) is 24.7 Å². The SMILES string of the molecule is Cc1nn(CCC#N)c(C)c1C1C=CC(NC(=O)COc2ccccc2)C1. The summed E-state index contributed by atoms with van der Waals surface area (Å²) >= 11 is 0. The number of amides is 1. The van der Waals surface area contributed by atoms with Crippen LogP contribution < -0.4 is 10.1 Å². The van der Waals surface area contributed by atoms with Gasteiger partial charge in [0.15, 0.2) is 6.61 Å². The zero-order valence-corrected chi connectivity index (χ0v) is 15.7. The van der Waals surface area contributed by atoms with Crippen LogP contribution in [0.5, 0.6) is 5.75 Å². The van der Waals surface area contributed by atoms with Crippen LogP contribution in [0.4, 0.5) is 0 Å². The van der Waals surface area contributed by atoms with E-state index in [4.69, 9.17) is 10.00 Å². The van der Waals surface area contributed by atoms with Gasteiger partial charge in [-0.25, -0.2) is 0 Å². The van der Waals surface area contributed by atoms with E-state index in [0.717, 1.165) is 17.8 Å². The van der Waals surface area contributed by atoms with Crippen LogP contribution in [-0.2, 0) is 11.3 Å². The maximum Gasteiger partial charge on any atom is 0.258 e. The lowest BCUT2D eigenvalue weighted by molar-refractivity contribution is -0.123. The minimum atomic E-state index is -0.132. The van der Waals surface area contributed by atoms with Crippen LogP contribution in [0.15, 0.2) is 42.5 Å². The van der Waals surface area contributed by atoms with Crippen LogP contribution in [0.1, 0.15) is 35.7 Å². The third kappa shape index (κ3) is 4.56. The molecule has 3 rings (SSSR count). The fourth-order valence-corrected chi connectivity index (χ4v) is 3.56. The molecule has 1 N–H and O–H groups in total. The van der Waals surface area contributed by atoms with E-state index < -0.39 is 0 Å². The number of rotatable bonds is 7. The van der Waals surface area contributed by atoms with Gasteiger partial charge in [0.2, 0.25) is 0 Å². The number of nitrogens with zero attached hydrogens (tertiary/aromatic N) is 3. The minimum Gasteiger partial charge on any atom is -0.484 e. The summed E-state index contributed by atoms with van der Waals surface area (Å²) in [4.78, 5) is 12.2. The highest BCUT2D eigenvalue weighted by Crippen LogP contribution is 2.33. The average molecular weight is 364 g/mol. The number of nitrogens with one attached hydrogen (secondary N) is 1. The van der Waals surface area contributed by atoms with E-state index in [2.05, 4.69) is 22.6 Å². The van der Waals surface area contributed by atoms with E-state index in [1.807, 2.05) is 54.9 Å². The van der Waals surface area contributed by atoms with Gasteiger partial charge in [-0.05, 0) is 32.4 Å². The number of allylic oxidation sites excluding steroid dienone is 1. The Morgan fingerprint density at radius 1 is 1.33 bits per heavy atom. The summed E-state index contributed by atoms with van der Waals surface area (Å²) in [7, 11) is 0. The fraction of sp³-hybridized carbons (Fsp3) is 0.381. The first-order valence-electron chi connectivity index (χ1n) is 9.15. The molecule has 0 fully saturated rings. The average Bonchev–Trinajstić information content (AvgIpc) is 3.22. The van der Waals surface area contributed by atoms with Gasteiger partial charge in [-0.1, -0.05) is 30.4 Å². The van der Waals surface area contributed by atoms with Crippen molar-refractivity contribution in [3.05, 3.63) is 59.4 Å². The molecule has 2 unspecified atom stereocenters. The number of hydrogen-bond donors (Lipinski definition) is 1. The molecule has 0 aliphatic heterocycles. The van der Waals surface area contributed by atoms with Crippen LogP contribution in [0.2, 0.25) is 0 Å². The lowest BCUT2D eigenvalue weighted by atomic mass is 9.96. The topological polar surface area (TPSA) is 79.9 Å². The molecule has 1 aromatic heterocycles. The summed E-state index contributed by atoms with van der Waals surface area (Å²) in [5.74, 6) is 0.775. The number of aryl methyl sites for hydroxylation is 2. The maximum absolute atomic E-state index is 12.2. The Morgan fingerprint density at radius 3 is 2.85 bits per heavy atom. The van der Waals surface area contributed by atoms with Crippen molar-refractivity contribution < 1.29 is 9.53 Å². The Morgan fingerprint density at radius 2 is 2.11 bits per heavy atom. The van der Waals surface area contributed by atoms with Gasteiger partial charge in [-0.15, -0.1) is 0 Å². The Bertz CT molecular complexity index is 864. The molecule has 1 aliphatic carbocycles. The number of aromatic nitrogens is 2. The zero-order valence-electron chi connectivity index (χ0n) is 15.7. The molecule has 2 aromatic rings. The van der Waals surface area contributed by atoms with Crippen LogP contribution in [0.25, 0.3) is 0 Å². The van der Waals surface area contributed by atoms with Crippen LogP contribution in [0, 0.1) is 25.2 Å². The van der Waals surface area contributed by atoms with Crippen molar-refractivity contribution in [3.8, 4) is 11.8 Å². The number of hydrogen-bond acceptors (Lipinski definition) is 4. The third-order valence-electron chi connectivity index (χ3n) is 4.79. The molecule has 0 radical (unpaired) electrons. The molecule has 2 atom stereocenters. The van der Waals surface area contributed by atoms with Crippen LogP contribution in [-0.4, -0.2) is 28.3 Å². The van der Waals surface area contributed by atoms with Crippen LogP contribution in [0.3, 0.4) is 0 Å². The van der Waals surface area contributed by atoms with E-state index in [-0.39, 0.29) is 24.5 Å². The van der Waals surface area contributed by atoms with Crippen molar-refractivity contribution in [2.45, 2.75) is 45.2 Å². The van der Waals surface area contributed by atoms with Gasteiger partial charge < -0.3 is 10.1 Å². The predicted octanol–water partition coefficient (Wildman–Crippen LogP) is 3.02. The maximum atomic E-state index is 12.2. The van der Waals surface area contributed by atoms with E-state index in [9.17, 15) is 4.79 Å². The molecular weight excluding hydrogens is 340 g/mol. The highest BCUT2D eigenvalue weighted by Gasteiger charge is 2.26. The number of carbonyl (C=O) groups is 1. The molecule has 1 amide bonds. The normalized spacial score (nSPS) is 18.3. The Kier molecular flexibility index (Phi) is 5.92. The van der Waals surface area contributed by atoms with Crippen molar-refractivity contribution in [1.29, 1.82) is 5.26 Å². The van der Waals surface area contributed by atoms with E-state index in [1.54, 1.807) is 0 Å². The lowest BCUT2D eigenvalue weighted by Gasteiger charge is -2.15. The summed E-state index contributed by atoms with van der Waals surface area (Å²) in [6.07, 6.45) is 5.43. The first-order chi connectivity index (χ1) is 13.1. The Hall–Kier alpha value is -3.07. The first-order valence-corrected chi connectivity index (χ1v) is 9.15. The molecule has 1 aromatic carbocycles. The molecule has 140 valence electrons. The van der Waals surface area contributed by atoms with E-state index in [1.165, 1.54) is 5.56 Å². The molecular formula is C21H24N4O2. The zero-order chi connectivity index (χ0) is 19.2. The number of para-hydroxylation sites is 1. The molecule has 0 spiro atoms. The van der Waals surface area contributed by atoms with Crippen molar-refractivity contribution in [1.82, 2.24) is 15.1 Å². The van der Waals surface area contributed by atoms with Gasteiger partial charge in [0, 0.05) is 23.2 Å². The summed E-state index contributed by atoms with van der Waals surface area (Å²) in [6.45, 7) is 4.65. The highest BCUT2D eigenvalue weighted by atomic mass is 16.5. The molecule has 0 bridgehead atoms. The largest absolute Gasteiger partial charge is 0.484 e. The van der Waals surface area contributed by atoms with Gasteiger partial charge in [-0.3, -0.25) is 9.48 Å². The fourth-order valence-electron chi connectivity index (χ4n) is 3.56. The van der Waals surface area contributed by atoms with Crippen molar-refractivity contribution in [2.24, 2.45) is 0 Å². The molecule has 6 nitrogen and oxygen atoms in total. The second-order valence-corrected chi connectivity index (χ2v) is 6.72. The standard InChI is InChI=1S/C21H24N4O2/c1-15-21(16(2)25(24-15)12-6-11-22)17-9-10-18(13-17)23-20(26)14-27-19-7-4-3-5-8-19/h3-5,7-10,17-18H,6,12-14H2,1-2H3,(H,23,26). The predicted molar refractivity (Wildman–Crippen MR) is 102 cm³/mol. The molecule has 27 heavy (non-hydrogen) atoms. The quantitative estimate of drug-likeness (QED) is 0.766. The van der Waals surface area contributed by atoms with Crippen molar-refractivity contribution in [3.63, 3.8) is 0 Å². The number of ether oxygens (including phenoxy) is 1. The van der Waals surface area contributed by atoms with Gasteiger partial charge >= 0.3 is 0 Å². The number of benzene rings is 1. The highest BCUT2D eigenvalue weighted by molar-refractivity contribution is 5.78. The molecule has 6 heteroatoms. The molecule has 0 saturated carbocycles. The monoisotopic (exact) mass is 364 g/mol. The number of carbonyl (C=O) groups excluding carboxylic acids is 1. The summed E-state index contributed by atoms with van der Waals surface area (Å²) < 4.78 is 7.40. The van der Waals surface area contributed by atoms with Crippen molar-refractivity contribution >= 4 is 5.91 Å². The minimum absolute atomic E-state index is 0.00314. The molecule has 1 heterocycles. The van der Waals surface area contributed by atoms with Crippen molar-refractivity contribution in [2.75, 3.05) is 6.61 Å². The summed E-state index contributed by atoms with van der Waals surface area (Å²) in [5.41, 5.74) is 3.28. The number of nitriles is 1. The van der Waals surface area contributed by atoms with E-state index >= 15 is 0 Å². The smallest absolute Gasteiger partial charge is 0.258 e. The van der Waals surface area contributed by atoms with Crippen LogP contribution >= 0.6 is 0 Å². The summed E-state index contributed by atoms with van der Waals surface area (Å²) in [6, 6.07) is 11.5. The van der Waals surface area contributed by atoms with Gasteiger partial charge in [0.1, 0.15) is 5.75 Å². The Labute approximate surface area is 159 Å². The second-order valence-electron chi connectivity index (χ2n) is 6.72. The van der Waals surface area contributed by atoms with Gasteiger partial charge in [-0.2, -0.15) is 10.4 Å². The summed E-state index contributed by atoms with van der Waals surface area (Å²) in [5, 5.41) is 16.4. The molecule has 1 aliphatic rings. The first kappa shape index (κ1) is 18.7. The van der Waals surface area contributed by atoms with Gasteiger partial charge in [0.25, 0.3) is 5.91 Å². The second kappa shape index (κ2) is 8.54. The lowest BCUT2D eigenvalue weighted by Crippen LogP contribution is -2.36. The molecule has 0 saturated heterocycles. The van der Waals surface area contributed by atoms with E-state index in [0.29, 0.717) is 18.7 Å².